The third-order valence-corrected chi connectivity index (χ3v) is 3.49. The van der Waals surface area contributed by atoms with Crippen molar-refractivity contribution in [3.63, 3.8) is 0 Å². The van der Waals surface area contributed by atoms with E-state index in [2.05, 4.69) is 20.7 Å². The molecule has 0 radical (unpaired) electrons. The zero-order chi connectivity index (χ0) is 15.8. The average molecular weight is 367 g/mol. The van der Waals surface area contributed by atoms with E-state index in [0.717, 1.165) is 4.47 Å². The van der Waals surface area contributed by atoms with Gasteiger partial charge in [-0.15, -0.1) is 0 Å². The van der Waals surface area contributed by atoms with Crippen LogP contribution in [-0.4, -0.2) is 30.3 Å². The quantitative estimate of drug-likeness (QED) is 0.641. The van der Waals surface area contributed by atoms with Crippen molar-refractivity contribution in [1.82, 2.24) is 0 Å². The van der Waals surface area contributed by atoms with Gasteiger partial charge in [0.2, 0.25) is 5.72 Å². The van der Waals surface area contributed by atoms with Crippen LogP contribution in [-0.2, 0) is 14.3 Å². The number of amides is 1. The highest BCUT2D eigenvalue weighted by Crippen LogP contribution is 2.30. The number of ether oxygens (including phenoxy) is 1. The smallest absolute Gasteiger partial charge is 0.428 e. The maximum absolute atomic E-state index is 12.2. The molecule has 2 rings (SSSR count). The van der Waals surface area contributed by atoms with Gasteiger partial charge in [0.25, 0.3) is 5.91 Å². The van der Waals surface area contributed by atoms with Gasteiger partial charge in [0.05, 0.1) is 0 Å². The van der Waals surface area contributed by atoms with Crippen LogP contribution in [0.25, 0.3) is 0 Å². The third-order valence-electron chi connectivity index (χ3n) is 2.96. The summed E-state index contributed by atoms with van der Waals surface area (Å²) in [4.78, 5) is 24.2. The summed E-state index contributed by atoms with van der Waals surface area (Å²) in [5.41, 5.74) is 3.68. The number of benzene rings is 1. The number of hydrogen-bond acceptors (Lipinski definition) is 4. The van der Waals surface area contributed by atoms with Crippen LogP contribution >= 0.6 is 15.9 Å². The molecule has 1 saturated heterocycles. The van der Waals surface area contributed by atoms with Gasteiger partial charge in [0.1, 0.15) is 0 Å². The van der Waals surface area contributed by atoms with E-state index in [0.29, 0.717) is 5.69 Å². The van der Waals surface area contributed by atoms with Crippen molar-refractivity contribution >= 4 is 33.5 Å². The Kier molecular flexibility index (Phi) is 3.98. The minimum atomic E-state index is -5.20. The fourth-order valence-electron chi connectivity index (χ4n) is 1.90. The second-order valence-corrected chi connectivity index (χ2v) is 5.38. The lowest BCUT2D eigenvalue weighted by atomic mass is 10.2. The van der Waals surface area contributed by atoms with Crippen molar-refractivity contribution in [3.05, 3.63) is 28.7 Å². The molecule has 5 nitrogen and oxygen atoms in total. The fraction of sp³-hybridized carbons (Fsp3) is 0.333. The number of halogens is 4. The van der Waals surface area contributed by atoms with Gasteiger partial charge in [-0.3, -0.25) is 10.5 Å². The van der Waals surface area contributed by atoms with Crippen LogP contribution in [0.15, 0.2) is 28.7 Å². The van der Waals surface area contributed by atoms with Crippen LogP contribution in [0.1, 0.15) is 6.42 Å². The summed E-state index contributed by atoms with van der Waals surface area (Å²) < 4.78 is 41.6. The summed E-state index contributed by atoms with van der Waals surface area (Å²) in [7, 11) is 0. The standard InChI is InChI=1S/C12H10BrF3N2O3/c13-7-1-3-8(4-2-7)18-6-5-11(17,9(18)19)21-10(20)12(14,15)16/h1-4H,5-6,17H2. The molecule has 114 valence electrons. The first-order valence-electron chi connectivity index (χ1n) is 5.80. The Hall–Kier alpha value is -1.61. The van der Waals surface area contributed by atoms with Gasteiger partial charge in [0, 0.05) is 23.1 Å². The van der Waals surface area contributed by atoms with Gasteiger partial charge in [-0.25, -0.2) is 4.79 Å². The summed E-state index contributed by atoms with van der Waals surface area (Å²) in [6.45, 7) is 0.0576. The molecule has 1 aliphatic rings. The Morgan fingerprint density at radius 3 is 2.43 bits per heavy atom. The predicted octanol–water partition coefficient (Wildman–Crippen LogP) is 1.95. The molecule has 1 fully saturated rings. The molecule has 9 heteroatoms. The monoisotopic (exact) mass is 366 g/mol. The molecule has 1 aromatic rings. The van der Waals surface area contributed by atoms with Crippen molar-refractivity contribution in [2.75, 3.05) is 11.4 Å². The van der Waals surface area contributed by atoms with Crippen molar-refractivity contribution in [1.29, 1.82) is 0 Å². The van der Waals surface area contributed by atoms with Crippen molar-refractivity contribution in [2.24, 2.45) is 5.73 Å². The normalized spacial score (nSPS) is 22.5. The molecule has 0 aliphatic carbocycles. The number of hydrogen-bond donors (Lipinski definition) is 1. The lowest BCUT2D eigenvalue weighted by Crippen LogP contribution is -2.53. The second kappa shape index (κ2) is 5.30. The topological polar surface area (TPSA) is 72.6 Å². The molecule has 0 saturated carbocycles. The number of carbonyl (C=O) groups excluding carboxylic acids is 2. The summed E-state index contributed by atoms with van der Waals surface area (Å²) in [6.07, 6.45) is -5.42. The van der Waals surface area contributed by atoms with E-state index in [1.54, 1.807) is 24.3 Å². The van der Waals surface area contributed by atoms with E-state index >= 15 is 0 Å². The minimum Gasteiger partial charge on any atom is -0.428 e. The largest absolute Gasteiger partial charge is 0.491 e. The molecule has 1 aliphatic heterocycles. The van der Waals surface area contributed by atoms with Gasteiger partial charge in [-0.2, -0.15) is 13.2 Å². The molecule has 21 heavy (non-hydrogen) atoms. The highest BCUT2D eigenvalue weighted by Gasteiger charge is 2.52. The Morgan fingerprint density at radius 1 is 1.33 bits per heavy atom. The van der Waals surface area contributed by atoms with Gasteiger partial charge in [0.15, 0.2) is 0 Å². The van der Waals surface area contributed by atoms with Crippen LogP contribution in [0.4, 0.5) is 18.9 Å². The number of anilines is 1. The maximum atomic E-state index is 12.2. The zero-order valence-corrected chi connectivity index (χ0v) is 12.1. The van der Waals surface area contributed by atoms with Crippen LogP contribution < -0.4 is 10.6 Å². The van der Waals surface area contributed by atoms with E-state index < -0.39 is 23.8 Å². The highest BCUT2D eigenvalue weighted by atomic mass is 79.9. The summed E-state index contributed by atoms with van der Waals surface area (Å²) in [5, 5.41) is 0. The van der Waals surface area contributed by atoms with Crippen molar-refractivity contribution in [3.8, 4) is 0 Å². The van der Waals surface area contributed by atoms with Crippen molar-refractivity contribution in [2.45, 2.75) is 18.3 Å². The van der Waals surface area contributed by atoms with E-state index in [-0.39, 0.29) is 13.0 Å². The Morgan fingerprint density at radius 2 is 1.90 bits per heavy atom. The van der Waals surface area contributed by atoms with E-state index in [9.17, 15) is 22.8 Å². The van der Waals surface area contributed by atoms with Crippen LogP contribution in [0.2, 0.25) is 0 Å². The molecule has 1 atom stereocenters. The van der Waals surface area contributed by atoms with Gasteiger partial charge < -0.3 is 9.64 Å². The number of esters is 1. The van der Waals surface area contributed by atoms with Crippen molar-refractivity contribution < 1.29 is 27.5 Å². The second-order valence-electron chi connectivity index (χ2n) is 4.46. The molecule has 2 N–H and O–H groups in total. The fourth-order valence-corrected chi connectivity index (χ4v) is 2.16. The molecule has 1 heterocycles. The zero-order valence-electron chi connectivity index (χ0n) is 10.5. The Labute approximate surface area is 126 Å². The molecular formula is C12H10BrF3N2O3. The predicted molar refractivity (Wildman–Crippen MR) is 70.2 cm³/mol. The molecule has 0 bridgehead atoms. The Balaban J connectivity index is 2.17. The third kappa shape index (κ3) is 3.18. The van der Waals surface area contributed by atoms with Gasteiger partial charge in [-0.1, -0.05) is 15.9 Å². The van der Waals surface area contributed by atoms with Crippen LogP contribution in [0.3, 0.4) is 0 Å². The average Bonchev–Trinajstić information content (AvgIpc) is 2.66. The maximum Gasteiger partial charge on any atom is 0.491 e. The minimum absolute atomic E-state index is 0.0576. The van der Waals surface area contributed by atoms with Gasteiger partial charge in [-0.05, 0) is 24.3 Å². The molecule has 0 spiro atoms. The number of carbonyl (C=O) groups is 2. The number of nitrogens with two attached hydrogens (primary N) is 1. The first kappa shape index (κ1) is 15.8. The van der Waals surface area contributed by atoms with E-state index in [1.807, 2.05) is 0 Å². The number of nitrogens with zero attached hydrogens (tertiary/aromatic N) is 1. The molecule has 0 aromatic heterocycles. The van der Waals surface area contributed by atoms with Gasteiger partial charge >= 0.3 is 12.1 Å². The molecule has 1 unspecified atom stereocenters. The van der Waals surface area contributed by atoms with E-state index in [1.165, 1.54) is 4.90 Å². The molecule has 1 amide bonds. The SMILES string of the molecule is NC1(OC(=O)C(F)(F)F)CCN(c2ccc(Br)cc2)C1=O. The Bertz CT molecular complexity index is 576. The lowest BCUT2D eigenvalue weighted by Gasteiger charge is -2.24. The van der Waals surface area contributed by atoms with Crippen LogP contribution in [0, 0.1) is 0 Å². The van der Waals surface area contributed by atoms with E-state index in [4.69, 9.17) is 5.73 Å². The molecule has 1 aromatic carbocycles. The summed E-state index contributed by atoms with van der Waals surface area (Å²) in [5.74, 6) is -3.36. The molecular weight excluding hydrogens is 357 g/mol. The summed E-state index contributed by atoms with van der Waals surface area (Å²) in [6, 6.07) is 6.53. The summed E-state index contributed by atoms with van der Waals surface area (Å²) >= 11 is 3.22. The first-order valence-corrected chi connectivity index (χ1v) is 6.59. The first-order chi connectivity index (χ1) is 9.63. The highest BCUT2D eigenvalue weighted by molar-refractivity contribution is 9.10. The van der Waals surface area contributed by atoms with Crippen LogP contribution in [0.5, 0.6) is 0 Å². The lowest BCUT2D eigenvalue weighted by molar-refractivity contribution is -0.212. The number of alkyl halides is 3. The number of rotatable bonds is 2.